The van der Waals surface area contributed by atoms with Crippen LogP contribution >= 0.6 is 27.6 Å². The molecule has 0 unspecified atom stereocenters. The summed E-state index contributed by atoms with van der Waals surface area (Å²) in [5, 5.41) is 0. The normalized spacial score (nSPS) is 12.0. The average molecular weight is 1090 g/mol. The zero-order chi connectivity index (χ0) is 49.4. The van der Waals surface area contributed by atoms with Crippen molar-refractivity contribution in [1.82, 2.24) is 0 Å². The summed E-state index contributed by atoms with van der Waals surface area (Å²) < 4.78 is 44.2. The molecule has 0 spiro atoms. The highest BCUT2D eigenvalue weighted by Gasteiger charge is 2.28. The van der Waals surface area contributed by atoms with Crippen molar-refractivity contribution in [2.75, 3.05) is 0 Å². The molecule has 0 atom stereocenters. The van der Waals surface area contributed by atoms with E-state index in [1.807, 2.05) is 0 Å². The second-order valence-electron chi connectivity index (χ2n) is 21.3. The lowest BCUT2D eigenvalue weighted by molar-refractivity contribution is 0.281. The average Bonchev–Trinajstić information content (AvgIpc) is 3.31. The molecule has 0 fully saturated rings. The van der Waals surface area contributed by atoms with Crippen LogP contribution in [0.15, 0.2) is 6.07 Å². The maximum absolute atomic E-state index is 13.1. The Labute approximate surface area is 430 Å². The third kappa shape index (κ3) is 40.0. The molecule has 0 aliphatic carbocycles. The smallest absolute Gasteiger partial charge is 0.403 e. The van der Waals surface area contributed by atoms with Crippen molar-refractivity contribution >= 4 is 27.6 Å². The van der Waals surface area contributed by atoms with Gasteiger partial charge < -0.3 is 4.52 Å². The molecule has 0 aromatic heterocycles. The van der Waals surface area contributed by atoms with E-state index in [2.05, 4.69) is 26.8 Å². The molecule has 0 aliphatic rings. The quantitative estimate of drug-likeness (QED) is 0.0383. The standard InChI is InChI=1S/C60H114IO6P/c1-4-7-10-13-16-19-22-25-28-31-34-37-40-43-46-49-52-56-55-57(53-50-47-44-41-38-35-32-29-26-23-20-17-14-11-8-5-2)59(61(62)63)60(67-68(64,65)66)58(56)54-51-48-45-42-39-36-33-30-27-24-21-18-15-12-9-6-3/h55H,4-54H2,1-3H3,(H2,64,65,66). The molecule has 2 N–H and O–H groups in total. The van der Waals surface area contributed by atoms with Gasteiger partial charge in [0.15, 0.2) is 5.75 Å². The molecule has 8 heteroatoms. The number of unbranched alkanes of at least 4 members (excludes halogenated alkanes) is 45. The van der Waals surface area contributed by atoms with Gasteiger partial charge in [-0.25, -0.2) is 10.7 Å². The summed E-state index contributed by atoms with van der Waals surface area (Å²) in [6.07, 6.45) is 64.0. The van der Waals surface area contributed by atoms with Gasteiger partial charge >= 0.3 is 27.6 Å². The third-order valence-corrected chi connectivity index (χ3v) is 17.2. The molecule has 402 valence electrons. The number of phosphoric ester groups is 1. The van der Waals surface area contributed by atoms with Crippen molar-refractivity contribution in [3.63, 3.8) is 0 Å². The zero-order valence-electron chi connectivity index (χ0n) is 45.5. The first-order valence-corrected chi connectivity index (χ1v) is 34.6. The fourth-order valence-electron chi connectivity index (χ4n) is 10.4. The maximum atomic E-state index is 13.1. The van der Waals surface area contributed by atoms with Gasteiger partial charge in [-0.05, 0) is 55.2 Å². The summed E-state index contributed by atoms with van der Waals surface area (Å²) in [4.78, 5) is 20.3. The number of hydrogen-bond donors (Lipinski definition) is 2. The Bertz CT molecular complexity index is 1370. The van der Waals surface area contributed by atoms with E-state index in [-0.39, 0.29) is 9.32 Å². The summed E-state index contributed by atoms with van der Waals surface area (Å²) in [5.74, 6) is -0.0185. The highest BCUT2D eigenvalue weighted by molar-refractivity contribution is 14.2. The minimum atomic E-state index is -4.98. The first kappa shape index (κ1) is 65.5. The predicted molar refractivity (Wildman–Crippen MR) is 303 cm³/mol. The number of phosphoric acid groups is 1. The Morgan fingerprint density at radius 1 is 0.353 bits per heavy atom. The van der Waals surface area contributed by atoms with Gasteiger partial charge in [-0.3, -0.25) is 9.79 Å². The minimum absolute atomic E-state index is 0.0185. The van der Waals surface area contributed by atoms with Crippen LogP contribution in [0.25, 0.3) is 0 Å². The van der Waals surface area contributed by atoms with Gasteiger partial charge in [0, 0.05) is 0 Å². The van der Waals surface area contributed by atoms with Crippen molar-refractivity contribution in [3.8, 4) is 5.75 Å². The number of benzene rings is 1. The molecular formula is C60H114IO6P. The van der Waals surface area contributed by atoms with Crippen molar-refractivity contribution in [3.05, 3.63) is 26.3 Å². The first-order chi connectivity index (χ1) is 33.2. The first-order valence-electron chi connectivity index (χ1n) is 30.2. The van der Waals surface area contributed by atoms with Crippen LogP contribution in [0.5, 0.6) is 5.75 Å². The Hall–Kier alpha value is -0.500. The van der Waals surface area contributed by atoms with Crippen LogP contribution in [-0.2, 0) is 30.0 Å². The van der Waals surface area contributed by atoms with E-state index in [1.54, 1.807) is 0 Å². The van der Waals surface area contributed by atoms with Crippen LogP contribution < -0.4 is 4.52 Å². The molecule has 0 saturated carbocycles. The van der Waals surface area contributed by atoms with Gasteiger partial charge in [-0.2, -0.15) is 0 Å². The summed E-state index contributed by atoms with van der Waals surface area (Å²) in [5.41, 5.74) is 2.50. The molecule has 1 rings (SSSR count). The number of halogens is 1. The van der Waals surface area contributed by atoms with E-state index in [9.17, 15) is 20.5 Å². The van der Waals surface area contributed by atoms with Gasteiger partial charge in [0.25, 0.3) is 0 Å². The van der Waals surface area contributed by atoms with E-state index < -0.39 is 27.6 Å². The second-order valence-corrected chi connectivity index (χ2v) is 24.8. The lowest BCUT2D eigenvalue weighted by Gasteiger charge is -2.20. The van der Waals surface area contributed by atoms with Crippen molar-refractivity contribution in [2.24, 2.45) is 0 Å². The van der Waals surface area contributed by atoms with Gasteiger partial charge in [-0.15, -0.1) is 0 Å². The highest BCUT2D eigenvalue weighted by Crippen LogP contribution is 2.47. The number of rotatable bonds is 54. The van der Waals surface area contributed by atoms with Gasteiger partial charge in [0.1, 0.15) is 3.57 Å². The van der Waals surface area contributed by atoms with Gasteiger partial charge in [-0.1, -0.05) is 316 Å². The van der Waals surface area contributed by atoms with Crippen molar-refractivity contribution < 1.29 is 25.0 Å². The SMILES string of the molecule is CCCCCCCCCCCCCCCCCCc1cc(CCCCCCCCCCCCCCCCCC)c(I(=O)=O)c(OP(=O)(O)O)c1CCCCCCCCCCCCCCCCCC. The molecule has 0 heterocycles. The van der Waals surface area contributed by atoms with E-state index >= 15 is 0 Å². The molecule has 1 aromatic carbocycles. The molecule has 1 aromatic rings. The summed E-state index contributed by atoms with van der Waals surface area (Å²) in [6, 6.07) is 2.11. The lowest BCUT2D eigenvalue weighted by atomic mass is 9.92. The monoisotopic (exact) mass is 1090 g/mol. The van der Waals surface area contributed by atoms with Crippen molar-refractivity contribution in [2.45, 2.75) is 348 Å². The fraction of sp³-hybridized carbons (Fsp3) is 0.900. The molecule has 0 bridgehead atoms. The number of hydrogen-bond acceptors (Lipinski definition) is 4. The molecule has 0 radical (unpaired) electrons. The summed E-state index contributed by atoms with van der Waals surface area (Å²) in [7, 11) is -4.98. The highest BCUT2D eigenvalue weighted by atomic mass is 127. The van der Waals surface area contributed by atoms with E-state index in [0.29, 0.717) is 12.8 Å². The fourth-order valence-corrected chi connectivity index (χ4v) is 12.9. The van der Waals surface area contributed by atoms with Crippen LogP contribution in [0.3, 0.4) is 0 Å². The van der Waals surface area contributed by atoms with Crippen LogP contribution in [0.2, 0.25) is 0 Å². The van der Waals surface area contributed by atoms with Gasteiger partial charge in [0.2, 0.25) is 0 Å². The summed E-state index contributed by atoms with van der Waals surface area (Å²) in [6.45, 7) is 6.84. The number of aryl methyl sites for hydroxylation is 2. The Kier molecular flexibility index (Phi) is 47.0. The van der Waals surface area contributed by atoms with Crippen LogP contribution in [-0.4, -0.2) is 9.79 Å². The van der Waals surface area contributed by atoms with Crippen LogP contribution in [0, 0.1) is 3.57 Å². The zero-order valence-corrected chi connectivity index (χ0v) is 48.5. The molecule has 0 saturated heterocycles. The third-order valence-electron chi connectivity index (χ3n) is 14.7. The molecule has 68 heavy (non-hydrogen) atoms. The minimum Gasteiger partial charge on any atom is -0.403 e. The molecule has 0 aliphatic heterocycles. The van der Waals surface area contributed by atoms with Crippen LogP contribution in [0.4, 0.5) is 0 Å². The topological polar surface area (TPSA) is 101 Å². The van der Waals surface area contributed by atoms with Crippen LogP contribution in [0.1, 0.15) is 346 Å². The summed E-state index contributed by atoms with van der Waals surface area (Å²) >= 11 is -4.16. The predicted octanol–water partition coefficient (Wildman–Crippen LogP) is 21.9. The second kappa shape index (κ2) is 48.8. The molecule has 6 nitrogen and oxygen atoms in total. The largest absolute Gasteiger partial charge is 0.524 e. The Balaban J connectivity index is 2.75. The van der Waals surface area contributed by atoms with Crippen molar-refractivity contribution in [1.29, 1.82) is 0 Å². The lowest BCUT2D eigenvalue weighted by Crippen LogP contribution is -2.07. The maximum Gasteiger partial charge on any atom is 0.524 e. The van der Waals surface area contributed by atoms with Gasteiger partial charge in [0.05, 0.1) is 0 Å². The van der Waals surface area contributed by atoms with E-state index in [1.165, 1.54) is 257 Å². The Morgan fingerprint density at radius 2 is 0.574 bits per heavy atom. The molecule has 0 amide bonds. The Morgan fingerprint density at radius 3 is 0.809 bits per heavy atom. The molecular weight excluding hydrogens is 975 g/mol. The van der Waals surface area contributed by atoms with E-state index in [4.69, 9.17) is 4.52 Å². The van der Waals surface area contributed by atoms with E-state index in [0.717, 1.165) is 74.5 Å².